The molecule has 4 atom stereocenters. The van der Waals surface area contributed by atoms with Crippen molar-refractivity contribution in [2.75, 3.05) is 32.7 Å². The summed E-state index contributed by atoms with van der Waals surface area (Å²) < 4.78 is 13.4. The number of nitrogens with one attached hydrogen (secondary N) is 1. The molecule has 234 valence electrons. The van der Waals surface area contributed by atoms with Gasteiger partial charge in [0.2, 0.25) is 0 Å². The van der Waals surface area contributed by atoms with E-state index in [-0.39, 0.29) is 30.6 Å². The average molecular weight is 607 g/mol. The van der Waals surface area contributed by atoms with Crippen molar-refractivity contribution in [2.24, 2.45) is 5.92 Å². The zero-order valence-corrected chi connectivity index (χ0v) is 25.8. The lowest BCUT2D eigenvalue weighted by atomic mass is 9.90. The fraction of sp³-hybridized carbons (Fsp3) is 0.351. The number of rotatable bonds is 10. The molecule has 0 unspecified atom stereocenters. The molecule has 2 aliphatic rings. The van der Waals surface area contributed by atoms with Crippen LogP contribution >= 0.6 is 0 Å². The summed E-state index contributed by atoms with van der Waals surface area (Å²) in [5.41, 5.74) is 5.78. The van der Waals surface area contributed by atoms with Gasteiger partial charge in [-0.1, -0.05) is 85.8 Å². The van der Waals surface area contributed by atoms with Crippen molar-refractivity contribution in [3.8, 4) is 0 Å². The minimum Gasteiger partial charge on any atom is -0.392 e. The Morgan fingerprint density at radius 2 is 1.51 bits per heavy atom. The van der Waals surface area contributed by atoms with Crippen molar-refractivity contribution >= 4 is 5.91 Å². The predicted octanol–water partition coefficient (Wildman–Crippen LogP) is 5.11. The van der Waals surface area contributed by atoms with Crippen molar-refractivity contribution in [1.82, 2.24) is 20.1 Å². The highest BCUT2D eigenvalue weighted by Crippen LogP contribution is 2.42. The summed E-state index contributed by atoms with van der Waals surface area (Å²) in [6, 6.07) is 30.3. The number of hydrogen-bond donors (Lipinski definition) is 2. The topological polar surface area (TPSA) is 87.2 Å². The number of hydrogen-bond acceptors (Lipinski definition) is 7. The van der Waals surface area contributed by atoms with E-state index in [2.05, 4.69) is 69.5 Å². The van der Waals surface area contributed by atoms with E-state index in [4.69, 9.17) is 9.47 Å². The fourth-order valence-corrected chi connectivity index (χ4v) is 6.13. The van der Waals surface area contributed by atoms with Crippen LogP contribution in [0.1, 0.15) is 57.5 Å². The minimum absolute atomic E-state index is 0.0149. The van der Waals surface area contributed by atoms with Gasteiger partial charge in [-0.3, -0.25) is 19.6 Å². The van der Waals surface area contributed by atoms with E-state index in [1.165, 1.54) is 5.56 Å². The van der Waals surface area contributed by atoms with E-state index in [1.807, 2.05) is 36.4 Å². The quantitative estimate of drug-likeness (QED) is 0.259. The molecule has 0 radical (unpaired) electrons. The number of amides is 1. The summed E-state index contributed by atoms with van der Waals surface area (Å²) in [4.78, 5) is 21.5. The summed E-state index contributed by atoms with van der Waals surface area (Å²) in [6.45, 7) is 8.52. The van der Waals surface area contributed by atoms with E-state index in [0.717, 1.165) is 61.5 Å². The Morgan fingerprint density at radius 3 is 2.20 bits per heavy atom. The van der Waals surface area contributed by atoms with E-state index in [0.29, 0.717) is 12.1 Å². The molecular weight excluding hydrogens is 564 g/mol. The number of carbonyl (C=O) groups is 1. The minimum atomic E-state index is -0.521. The maximum absolute atomic E-state index is 12.5. The van der Waals surface area contributed by atoms with Crippen LogP contribution in [0.3, 0.4) is 0 Å². The molecule has 2 N–H and O–H groups in total. The van der Waals surface area contributed by atoms with Crippen molar-refractivity contribution in [3.05, 3.63) is 137 Å². The lowest BCUT2D eigenvalue weighted by Crippen LogP contribution is -2.51. The lowest BCUT2D eigenvalue weighted by molar-refractivity contribution is -0.276. The Morgan fingerprint density at radius 1 is 0.822 bits per heavy atom. The van der Waals surface area contributed by atoms with Gasteiger partial charge in [0.25, 0.3) is 5.91 Å². The zero-order chi connectivity index (χ0) is 31.0. The molecule has 8 heteroatoms. The largest absolute Gasteiger partial charge is 0.392 e. The Bertz CT molecular complexity index is 1490. The first-order chi connectivity index (χ1) is 22.1. The molecule has 2 aliphatic heterocycles. The maximum Gasteiger partial charge on any atom is 0.253 e. The monoisotopic (exact) mass is 606 g/mol. The van der Waals surface area contributed by atoms with Gasteiger partial charge in [0.1, 0.15) is 0 Å². The van der Waals surface area contributed by atoms with E-state index < -0.39 is 6.29 Å². The van der Waals surface area contributed by atoms with Crippen LogP contribution in [0.15, 0.2) is 103 Å². The van der Waals surface area contributed by atoms with E-state index >= 15 is 0 Å². The van der Waals surface area contributed by atoms with Crippen LogP contribution in [-0.2, 0) is 29.2 Å². The normalized spacial score (nSPS) is 22.6. The van der Waals surface area contributed by atoms with Crippen molar-refractivity contribution in [2.45, 2.75) is 45.1 Å². The number of carbonyl (C=O) groups excluding carboxylic acids is 1. The summed E-state index contributed by atoms with van der Waals surface area (Å²) in [7, 11) is 0. The maximum atomic E-state index is 12.5. The molecule has 0 saturated carbocycles. The van der Waals surface area contributed by atoms with Gasteiger partial charge < -0.3 is 19.9 Å². The number of pyridine rings is 1. The van der Waals surface area contributed by atoms with Gasteiger partial charge in [-0.2, -0.15) is 0 Å². The molecule has 0 spiro atoms. The molecule has 2 saturated heterocycles. The van der Waals surface area contributed by atoms with Crippen molar-refractivity contribution < 1.29 is 19.4 Å². The molecule has 2 fully saturated rings. The number of ether oxygens (including phenoxy) is 2. The second-order valence-electron chi connectivity index (χ2n) is 12.1. The molecule has 1 aromatic heterocycles. The summed E-state index contributed by atoms with van der Waals surface area (Å²) in [6.07, 6.45) is 2.51. The van der Waals surface area contributed by atoms with Gasteiger partial charge in [0, 0.05) is 69.7 Å². The molecule has 3 heterocycles. The fourth-order valence-electron chi connectivity index (χ4n) is 6.13. The molecular formula is C37H42N4O4. The Kier molecular flexibility index (Phi) is 10.3. The van der Waals surface area contributed by atoms with Crippen LogP contribution in [0.5, 0.6) is 0 Å². The van der Waals surface area contributed by atoms with Gasteiger partial charge in [-0.25, -0.2) is 0 Å². The van der Waals surface area contributed by atoms with Crippen molar-refractivity contribution in [1.29, 1.82) is 0 Å². The van der Waals surface area contributed by atoms with Crippen molar-refractivity contribution in [3.63, 3.8) is 0 Å². The van der Waals surface area contributed by atoms with Crippen LogP contribution in [0.4, 0.5) is 0 Å². The van der Waals surface area contributed by atoms with Crippen LogP contribution in [0.25, 0.3) is 0 Å². The first-order valence-electron chi connectivity index (χ1n) is 15.8. The van der Waals surface area contributed by atoms with Crippen LogP contribution < -0.4 is 5.32 Å². The number of benzene rings is 3. The van der Waals surface area contributed by atoms with Crippen LogP contribution in [0.2, 0.25) is 0 Å². The van der Waals surface area contributed by atoms with Gasteiger partial charge in [-0.15, -0.1) is 0 Å². The van der Waals surface area contributed by atoms with Crippen LogP contribution in [0, 0.1) is 5.92 Å². The first kappa shape index (κ1) is 31.1. The molecule has 45 heavy (non-hydrogen) atoms. The molecule has 1 amide bonds. The highest BCUT2D eigenvalue weighted by atomic mass is 16.7. The zero-order valence-electron chi connectivity index (χ0n) is 25.8. The molecule has 8 nitrogen and oxygen atoms in total. The molecule has 4 aromatic rings. The number of aliphatic hydroxyl groups excluding tert-OH is 1. The van der Waals surface area contributed by atoms with Gasteiger partial charge in [-0.05, 0) is 34.4 Å². The Labute approximate surface area is 265 Å². The SMILES string of the molecule is C[C@H]1[C@@H](CN2CCN(Cc3ccccc3)CC2)O[C@@H](c2ccc(CNC(=O)c3cccnc3)cc2)O[C@H]1c1ccc(CO)cc1. The molecule has 0 aliphatic carbocycles. The molecule has 6 rings (SSSR count). The third-order valence-corrected chi connectivity index (χ3v) is 8.90. The second-order valence-corrected chi connectivity index (χ2v) is 12.1. The van der Waals surface area contributed by atoms with Crippen LogP contribution in [-0.4, -0.2) is 64.6 Å². The van der Waals surface area contributed by atoms with E-state index in [9.17, 15) is 9.90 Å². The lowest BCUT2D eigenvalue weighted by Gasteiger charge is -2.44. The summed E-state index contributed by atoms with van der Waals surface area (Å²) in [5, 5.41) is 12.5. The van der Waals surface area contributed by atoms with Gasteiger partial charge in [0.05, 0.1) is 24.4 Å². The Balaban J connectivity index is 1.12. The molecule has 3 aromatic carbocycles. The van der Waals surface area contributed by atoms with Gasteiger partial charge >= 0.3 is 0 Å². The smallest absolute Gasteiger partial charge is 0.253 e. The summed E-state index contributed by atoms with van der Waals surface area (Å²) in [5.74, 6) is -0.0237. The highest BCUT2D eigenvalue weighted by Gasteiger charge is 2.39. The number of piperazine rings is 1. The van der Waals surface area contributed by atoms with E-state index in [1.54, 1.807) is 24.5 Å². The highest BCUT2D eigenvalue weighted by molar-refractivity contribution is 5.93. The standard InChI is InChI=1S/C37H42N4O4/c1-27-34(25-41-20-18-40(19-21-41)24-29-6-3-2-4-7-29)44-37(45-35(27)31-13-11-30(26-42)12-14-31)32-15-9-28(10-16-32)22-39-36(43)33-8-5-17-38-23-33/h2-17,23,27,34-35,37,42H,18-22,24-26H2,1H3,(H,39,43)/t27-,34+,35+,37+/m0/s1. The number of aliphatic hydroxyl groups is 1. The average Bonchev–Trinajstić information content (AvgIpc) is 3.10. The second kappa shape index (κ2) is 14.9. The summed E-state index contributed by atoms with van der Waals surface area (Å²) >= 11 is 0. The first-order valence-corrected chi connectivity index (χ1v) is 15.8. The Hall–Kier alpha value is -3.92. The van der Waals surface area contributed by atoms with Gasteiger partial charge in [0.15, 0.2) is 6.29 Å². The number of nitrogens with zero attached hydrogens (tertiary/aromatic N) is 3. The third kappa shape index (κ3) is 8.03. The predicted molar refractivity (Wildman–Crippen MR) is 173 cm³/mol. The third-order valence-electron chi connectivity index (χ3n) is 8.90. The molecule has 0 bridgehead atoms. The number of aromatic nitrogens is 1.